The Morgan fingerprint density at radius 3 is 2.56 bits per heavy atom. The van der Waals surface area contributed by atoms with Crippen molar-refractivity contribution in [3.63, 3.8) is 0 Å². The van der Waals surface area contributed by atoms with Gasteiger partial charge in [0, 0.05) is 6.07 Å². The molecule has 0 aliphatic carbocycles. The van der Waals surface area contributed by atoms with Crippen LogP contribution in [0.15, 0.2) is 48.5 Å². The van der Waals surface area contributed by atoms with E-state index in [9.17, 15) is 0 Å². The van der Waals surface area contributed by atoms with Crippen LogP contribution in [0.1, 0.15) is 11.1 Å². The number of ether oxygens (including phenoxy) is 2. The number of methoxy groups -OCH3 is 1. The molecule has 0 amide bonds. The van der Waals surface area contributed by atoms with Crippen molar-refractivity contribution in [2.75, 3.05) is 7.11 Å². The zero-order chi connectivity index (χ0) is 12.8. The molecular formula is C15H13NO2. The van der Waals surface area contributed by atoms with Gasteiger partial charge in [0.1, 0.15) is 24.2 Å². The van der Waals surface area contributed by atoms with Crippen LogP contribution in [0.2, 0.25) is 0 Å². The highest BCUT2D eigenvalue weighted by molar-refractivity contribution is 5.47. The fourth-order valence-corrected chi connectivity index (χ4v) is 1.58. The lowest BCUT2D eigenvalue weighted by Gasteiger charge is -2.09. The number of hydrogen-bond acceptors (Lipinski definition) is 3. The number of benzene rings is 2. The average molecular weight is 239 g/mol. The Hall–Kier alpha value is -2.47. The highest BCUT2D eigenvalue weighted by Gasteiger charge is 2.05. The van der Waals surface area contributed by atoms with Crippen molar-refractivity contribution in [2.24, 2.45) is 0 Å². The van der Waals surface area contributed by atoms with Gasteiger partial charge < -0.3 is 9.47 Å². The molecule has 0 saturated heterocycles. The van der Waals surface area contributed by atoms with Crippen LogP contribution in [-0.2, 0) is 6.61 Å². The van der Waals surface area contributed by atoms with E-state index in [1.807, 2.05) is 30.3 Å². The van der Waals surface area contributed by atoms with Gasteiger partial charge >= 0.3 is 0 Å². The minimum Gasteiger partial charge on any atom is -0.497 e. The van der Waals surface area contributed by atoms with E-state index in [0.29, 0.717) is 23.7 Å². The van der Waals surface area contributed by atoms with Crippen LogP contribution in [0.4, 0.5) is 0 Å². The van der Waals surface area contributed by atoms with E-state index < -0.39 is 0 Å². The summed E-state index contributed by atoms with van der Waals surface area (Å²) in [4.78, 5) is 0. The van der Waals surface area contributed by atoms with Crippen LogP contribution in [0, 0.1) is 11.3 Å². The van der Waals surface area contributed by atoms with Crippen LogP contribution < -0.4 is 9.47 Å². The molecule has 2 aromatic rings. The van der Waals surface area contributed by atoms with Crippen LogP contribution >= 0.6 is 0 Å². The molecule has 90 valence electrons. The molecule has 3 nitrogen and oxygen atoms in total. The molecule has 2 aromatic carbocycles. The van der Waals surface area contributed by atoms with Gasteiger partial charge in [-0.1, -0.05) is 30.3 Å². The molecule has 0 unspecified atom stereocenters. The molecule has 0 spiro atoms. The quantitative estimate of drug-likeness (QED) is 0.823. The second kappa shape index (κ2) is 5.74. The minimum absolute atomic E-state index is 0.446. The predicted molar refractivity (Wildman–Crippen MR) is 68.5 cm³/mol. The Balaban J connectivity index is 2.12. The minimum atomic E-state index is 0.446. The SMILES string of the molecule is COc1ccc(OCc2ccccc2)c(C#N)c1. The summed E-state index contributed by atoms with van der Waals surface area (Å²) in [6, 6.07) is 17.1. The molecule has 0 aliphatic heterocycles. The number of rotatable bonds is 4. The Labute approximate surface area is 106 Å². The summed E-state index contributed by atoms with van der Waals surface area (Å²) in [5, 5.41) is 9.05. The maximum absolute atomic E-state index is 9.05. The molecule has 0 fully saturated rings. The van der Waals surface area contributed by atoms with E-state index in [1.54, 1.807) is 25.3 Å². The molecule has 0 bridgehead atoms. The third-order valence-corrected chi connectivity index (χ3v) is 2.54. The van der Waals surface area contributed by atoms with Crippen molar-refractivity contribution in [2.45, 2.75) is 6.61 Å². The van der Waals surface area contributed by atoms with E-state index in [2.05, 4.69) is 6.07 Å². The summed E-state index contributed by atoms with van der Waals surface area (Å²) in [5.74, 6) is 1.22. The van der Waals surface area contributed by atoms with E-state index in [-0.39, 0.29) is 0 Å². The van der Waals surface area contributed by atoms with E-state index in [0.717, 1.165) is 5.56 Å². The Morgan fingerprint density at radius 1 is 1.11 bits per heavy atom. The molecular weight excluding hydrogens is 226 g/mol. The van der Waals surface area contributed by atoms with Crippen molar-refractivity contribution in [3.05, 3.63) is 59.7 Å². The smallest absolute Gasteiger partial charge is 0.137 e. The standard InChI is InChI=1S/C15H13NO2/c1-17-14-7-8-15(13(9-14)10-16)18-11-12-5-3-2-4-6-12/h2-9H,11H2,1H3. The first-order valence-corrected chi connectivity index (χ1v) is 5.58. The average Bonchev–Trinajstić information content (AvgIpc) is 2.46. The highest BCUT2D eigenvalue weighted by Crippen LogP contribution is 2.24. The molecule has 0 aliphatic rings. The van der Waals surface area contributed by atoms with Gasteiger partial charge in [0.05, 0.1) is 12.7 Å². The van der Waals surface area contributed by atoms with Gasteiger partial charge in [-0.25, -0.2) is 0 Å². The number of nitriles is 1. The van der Waals surface area contributed by atoms with Crippen molar-refractivity contribution in [1.29, 1.82) is 5.26 Å². The van der Waals surface area contributed by atoms with Crippen molar-refractivity contribution < 1.29 is 9.47 Å². The molecule has 0 saturated carbocycles. The predicted octanol–water partition coefficient (Wildman–Crippen LogP) is 3.15. The fraction of sp³-hybridized carbons (Fsp3) is 0.133. The van der Waals surface area contributed by atoms with Gasteiger partial charge in [-0.05, 0) is 17.7 Å². The van der Waals surface area contributed by atoms with Crippen molar-refractivity contribution >= 4 is 0 Å². The molecule has 2 rings (SSSR count). The van der Waals surface area contributed by atoms with Gasteiger partial charge in [-0.2, -0.15) is 5.26 Å². The second-order valence-corrected chi connectivity index (χ2v) is 3.75. The molecule has 0 atom stereocenters. The summed E-state index contributed by atoms with van der Waals surface area (Å²) in [7, 11) is 1.57. The maximum Gasteiger partial charge on any atom is 0.137 e. The zero-order valence-electron chi connectivity index (χ0n) is 10.1. The van der Waals surface area contributed by atoms with Gasteiger partial charge in [-0.15, -0.1) is 0 Å². The Bertz CT molecular complexity index is 558. The first-order chi connectivity index (χ1) is 8.83. The van der Waals surface area contributed by atoms with Crippen molar-refractivity contribution in [3.8, 4) is 17.6 Å². The Kier molecular flexibility index (Phi) is 3.83. The molecule has 3 heteroatoms. The first-order valence-electron chi connectivity index (χ1n) is 5.58. The Morgan fingerprint density at radius 2 is 1.89 bits per heavy atom. The molecule has 0 N–H and O–H groups in total. The molecule has 0 radical (unpaired) electrons. The summed E-state index contributed by atoms with van der Waals surface area (Å²) in [6.45, 7) is 0.446. The topological polar surface area (TPSA) is 42.2 Å². The van der Waals surface area contributed by atoms with Crippen LogP contribution in [-0.4, -0.2) is 7.11 Å². The van der Waals surface area contributed by atoms with Gasteiger partial charge in [0.25, 0.3) is 0 Å². The normalized spacial score (nSPS) is 9.56. The van der Waals surface area contributed by atoms with Gasteiger partial charge in [0.2, 0.25) is 0 Å². The van der Waals surface area contributed by atoms with Crippen molar-refractivity contribution in [1.82, 2.24) is 0 Å². The number of hydrogen-bond donors (Lipinski definition) is 0. The monoisotopic (exact) mass is 239 g/mol. The summed E-state index contributed by atoms with van der Waals surface area (Å²) < 4.78 is 10.7. The fourth-order valence-electron chi connectivity index (χ4n) is 1.58. The van der Waals surface area contributed by atoms with Gasteiger partial charge in [0.15, 0.2) is 0 Å². The molecule has 0 heterocycles. The lowest BCUT2D eigenvalue weighted by molar-refractivity contribution is 0.304. The number of nitrogens with zero attached hydrogens (tertiary/aromatic N) is 1. The summed E-state index contributed by atoms with van der Waals surface area (Å²) in [6.07, 6.45) is 0. The second-order valence-electron chi connectivity index (χ2n) is 3.75. The maximum atomic E-state index is 9.05. The summed E-state index contributed by atoms with van der Waals surface area (Å²) in [5.41, 5.74) is 1.54. The first kappa shape index (κ1) is 12.0. The van der Waals surface area contributed by atoms with Crippen LogP contribution in [0.25, 0.3) is 0 Å². The molecule has 18 heavy (non-hydrogen) atoms. The zero-order valence-corrected chi connectivity index (χ0v) is 10.1. The summed E-state index contributed by atoms with van der Waals surface area (Å²) >= 11 is 0. The lowest BCUT2D eigenvalue weighted by Crippen LogP contribution is -1.97. The third kappa shape index (κ3) is 2.80. The largest absolute Gasteiger partial charge is 0.497 e. The van der Waals surface area contributed by atoms with E-state index in [4.69, 9.17) is 14.7 Å². The van der Waals surface area contributed by atoms with Gasteiger partial charge in [-0.3, -0.25) is 0 Å². The van der Waals surface area contributed by atoms with E-state index in [1.165, 1.54) is 0 Å². The van der Waals surface area contributed by atoms with Crippen LogP contribution in [0.5, 0.6) is 11.5 Å². The lowest BCUT2D eigenvalue weighted by atomic mass is 10.2. The molecule has 0 aromatic heterocycles. The van der Waals surface area contributed by atoms with Crippen LogP contribution in [0.3, 0.4) is 0 Å². The highest BCUT2D eigenvalue weighted by atomic mass is 16.5. The third-order valence-electron chi connectivity index (χ3n) is 2.54. The van der Waals surface area contributed by atoms with E-state index >= 15 is 0 Å².